The molecule has 1 aliphatic rings. The zero-order valence-electron chi connectivity index (χ0n) is 12.6. The van der Waals surface area contributed by atoms with E-state index in [1.54, 1.807) is 0 Å². The average Bonchev–Trinajstić information content (AvgIpc) is 2.94. The number of benzene rings is 1. The van der Waals surface area contributed by atoms with Gasteiger partial charge in [-0.3, -0.25) is 4.79 Å². The number of nitrogens with zero attached hydrogens (tertiary/aromatic N) is 1. The van der Waals surface area contributed by atoms with E-state index in [0.29, 0.717) is 24.3 Å². The third-order valence-corrected chi connectivity index (χ3v) is 4.35. The summed E-state index contributed by atoms with van der Waals surface area (Å²) in [5.74, 6) is 1.23. The van der Waals surface area contributed by atoms with Gasteiger partial charge in [0.15, 0.2) is 0 Å². The third kappa shape index (κ3) is 3.60. The first-order chi connectivity index (χ1) is 9.61. The fourth-order valence-corrected chi connectivity index (χ4v) is 2.94. The maximum atomic E-state index is 12.7. The number of amides is 1. The fourth-order valence-electron chi connectivity index (χ4n) is 2.94. The molecular formula is C17H26N2O. The molecule has 2 unspecified atom stereocenters. The van der Waals surface area contributed by atoms with Gasteiger partial charge in [0.1, 0.15) is 0 Å². The summed E-state index contributed by atoms with van der Waals surface area (Å²) < 4.78 is 0. The molecule has 1 aliphatic heterocycles. The van der Waals surface area contributed by atoms with Gasteiger partial charge in [0.05, 0.1) is 0 Å². The normalized spacial score (nSPS) is 20.4. The first kappa shape index (κ1) is 15.0. The van der Waals surface area contributed by atoms with Crippen molar-refractivity contribution in [1.82, 2.24) is 4.90 Å². The van der Waals surface area contributed by atoms with Crippen LogP contribution in [0.15, 0.2) is 30.3 Å². The molecular weight excluding hydrogens is 248 g/mol. The van der Waals surface area contributed by atoms with Crippen LogP contribution in [0.2, 0.25) is 0 Å². The summed E-state index contributed by atoms with van der Waals surface area (Å²) in [5.41, 5.74) is 6.96. The molecule has 2 atom stereocenters. The molecule has 1 aromatic rings. The molecule has 110 valence electrons. The predicted molar refractivity (Wildman–Crippen MR) is 82.2 cm³/mol. The van der Waals surface area contributed by atoms with Crippen molar-refractivity contribution in [1.29, 1.82) is 0 Å². The minimum atomic E-state index is 0.0777. The van der Waals surface area contributed by atoms with Crippen LogP contribution in [0, 0.1) is 17.8 Å². The molecule has 1 aromatic carbocycles. The lowest BCUT2D eigenvalue weighted by Crippen LogP contribution is -2.38. The van der Waals surface area contributed by atoms with Crippen molar-refractivity contribution in [3.8, 4) is 0 Å². The molecule has 0 spiro atoms. The molecule has 20 heavy (non-hydrogen) atoms. The predicted octanol–water partition coefficient (Wildman–Crippen LogP) is 2.31. The van der Waals surface area contributed by atoms with Crippen LogP contribution in [-0.2, 0) is 11.2 Å². The van der Waals surface area contributed by atoms with Crippen molar-refractivity contribution < 1.29 is 4.79 Å². The van der Waals surface area contributed by atoms with Crippen LogP contribution in [-0.4, -0.2) is 30.4 Å². The number of nitrogens with two attached hydrogens (primary N) is 1. The maximum Gasteiger partial charge on any atom is 0.226 e. The van der Waals surface area contributed by atoms with E-state index >= 15 is 0 Å². The summed E-state index contributed by atoms with van der Waals surface area (Å²) in [7, 11) is 0. The molecule has 1 heterocycles. The first-order valence-corrected chi connectivity index (χ1v) is 7.64. The summed E-state index contributed by atoms with van der Waals surface area (Å²) in [6, 6.07) is 10.3. The molecule has 2 rings (SSSR count). The van der Waals surface area contributed by atoms with Gasteiger partial charge in [0.25, 0.3) is 0 Å². The maximum absolute atomic E-state index is 12.7. The highest BCUT2D eigenvalue weighted by Gasteiger charge is 2.31. The third-order valence-electron chi connectivity index (χ3n) is 4.35. The topological polar surface area (TPSA) is 46.3 Å². The molecule has 3 heteroatoms. The highest BCUT2D eigenvalue weighted by molar-refractivity contribution is 5.79. The van der Waals surface area contributed by atoms with Gasteiger partial charge in [-0.2, -0.15) is 0 Å². The quantitative estimate of drug-likeness (QED) is 0.895. The summed E-state index contributed by atoms with van der Waals surface area (Å²) in [5, 5.41) is 0. The van der Waals surface area contributed by atoms with E-state index in [2.05, 4.69) is 26.0 Å². The molecule has 0 aliphatic carbocycles. The van der Waals surface area contributed by atoms with Gasteiger partial charge in [-0.05, 0) is 36.8 Å². The van der Waals surface area contributed by atoms with Gasteiger partial charge < -0.3 is 10.6 Å². The minimum Gasteiger partial charge on any atom is -0.342 e. The molecule has 3 nitrogen and oxygen atoms in total. The van der Waals surface area contributed by atoms with Crippen molar-refractivity contribution in [2.75, 3.05) is 19.6 Å². The van der Waals surface area contributed by atoms with E-state index in [4.69, 9.17) is 5.73 Å². The van der Waals surface area contributed by atoms with E-state index in [-0.39, 0.29) is 5.92 Å². The molecule has 1 fully saturated rings. The molecule has 0 aromatic heterocycles. The summed E-state index contributed by atoms with van der Waals surface area (Å²) >= 11 is 0. The second-order valence-electron chi connectivity index (χ2n) is 6.21. The summed E-state index contributed by atoms with van der Waals surface area (Å²) in [4.78, 5) is 14.8. The van der Waals surface area contributed by atoms with E-state index in [0.717, 1.165) is 25.9 Å². The summed E-state index contributed by atoms with van der Waals surface area (Å²) in [6.45, 7) is 6.69. The van der Waals surface area contributed by atoms with Gasteiger partial charge in [0.2, 0.25) is 5.91 Å². The zero-order chi connectivity index (χ0) is 14.5. The Hall–Kier alpha value is -1.35. The number of hydrogen-bond donors (Lipinski definition) is 1. The van der Waals surface area contributed by atoms with Crippen molar-refractivity contribution in [2.45, 2.75) is 26.7 Å². The molecule has 0 saturated carbocycles. The molecule has 2 N–H and O–H groups in total. The molecule has 0 radical (unpaired) electrons. The number of hydrogen-bond acceptors (Lipinski definition) is 2. The largest absolute Gasteiger partial charge is 0.342 e. The minimum absolute atomic E-state index is 0.0777. The Bertz CT molecular complexity index is 430. The van der Waals surface area contributed by atoms with Crippen LogP contribution in [0.5, 0.6) is 0 Å². The van der Waals surface area contributed by atoms with Crippen molar-refractivity contribution in [2.24, 2.45) is 23.5 Å². The van der Waals surface area contributed by atoms with Crippen molar-refractivity contribution in [3.63, 3.8) is 0 Å². The van der Waals surface area contributed by atoms with E-state index < -0.39 is 0 Å². The smallest absolute Gasteiger partial charge is 0.226 e. The van der Waals surface area contributed by atoms with Crippen LogP contribution in [0.25, 0.3) is 0 Å². The lowest BCUT2D eigenvalue weighted by Gasteiger charge is -2.26. The standard InChI is InChI=1S/C17H26N2O/c1-13(2)16(10-14-6-4-3-5-7-14)17(20)19-9-8-15(11-18)12-19/h3-7,13,15-16H,8-12,18H2,1-2H3. The highest BCUT2D eigenvalue weighted by Crippen LogP contribution is 2.24. The Morgan fingerprint density at radius 3 is 2.60 bits per heavy atom. The lowest BCUT2D eigenvalue weighted by molar-refractivity contribution is -0.136. The van der Waals surface area contributed by atoms with Crippen LogP contribution >= 0.6 is 0 Å². The van der Waals surface area contributed by atoms with Crippen LogP contribution in [0.1, 0.15) is 25.8 Å². The zero-order valence-corrected chi connectivity index (χ0v) is 12.6. The fraction of sp³-hybridized carbons (Fsp3) is 0.588. The van der Waals surface area contributed by atoms with Crippen LogP contribution in [0.4, 0.5) is 0 Å². The van der Waals surface area contributed by atoms with E-state index in [1.165, 1.54) is 5.56 Å². The Morgan fingerprint density at radius 2 is 2.05 bits per heavy atom. The highest BCUT2D eigenvalue weighted by atomic mass is 16.2. The second-order valence-corrected chi connectivity index (χ2v) is 6.21. The van der Waals surface area contributed by atoms with Gasteiger partial charge in [-0.15, -0.1) is 0 Å². The molecule has 1 amide bonds. The number of rotatable bonds is 5. The van der Waals surface area contributed by atoms with Crippen LogP contribution < -0.4 is 5.73 Å². The summed E-state index contributed by atoms with van der Waals surface area (Å²) in [6.07, 6.45) is 1.89. The average molecular weight is 274 g/mol. The Labute approximate surface area is 122 Å². The van der Waals surface area contributed by atoms with E-state index in [1.807, 2.05) is 23.1 Å². The molecule has 1 saturated heterocycles. The Kier molecular flexibility index (Phi) is 5.18. The van der Waals surface area contributed by atoms with Gasteiger partial charge in [0, 0.05) is 19.0 Å². The Morgan fingerprint density at radius 1 is 1.35 bits per heavy atom. The SMILES string of the molecule is CC(C)C(Cc1ccccc1)C(=O)N1CCC(CN)C1. The molecule has 0 bridgehead atoms. The number of likely N-dealkylation sites (tertiary alicyclic amines) is 1. The van der Waals surface area contributed by atoms with E-state index in [9.17, 15) is 4.79 Å². The second kappa shape index (κ2) is 6.89. The lowest BCUT2D eigenvalue weighted by atomic mass is 9.88. The number of carbonyl (C=O) groups excluding carboxylic acids is 1. The first-order valence-electron chi connectivity index (χ1n) is 7.64. The monoisotopic (exact) mass is 274 g/mol. The van der Waals surface area contributed by atoms with Gasteiger partial charge in [-0.1, -0.05) is 44.2 Å². The van der Waals surface area contributed by atoms with Gasteiger partial charge >= 0.3 is 0 Å². The van der Waals surface area contributed by atoms with Crippen molar-refractivity contribution >= 4 is 5.91 Å². The van der Waals surface area contributed by atoms with Crippen molar-refractivity contribution in [3.05, 3.63) is 35.9 Å². The van der Waals surface area contributed by atoms with Gasteiger partial charge in [-0.25, -0.2) is 0 Å². The number of carbonyl (C=O) groups is 1. The van der Waals surface area contributed by atoms with Crippen LogP contribution in [0.3, 0.4) is 0 Å². The Balaban J connectivity index is 2.03.